The van der Waals surface area contributed by atoms with Crippen LogP contribution >= 0.6 is 11.3 Å². The van der Waals surface area contributed by atoms with Crippen LogP contribution in [0.1, 0.15) is 46.9 Å². The summed E-state index contributed by atoms with van der Waals surface area (Å²) in [4.78, 5) is 12.2. The van der Waals surface area contributed by atoms with Crippen molar-refractivity contribution in [1.82, 2.24) is 14.9 Å². The Morgan fingerprint density at radius 2 is 2.33 bits per heavy atom. The molecule has 1 aliphatic rings. The number of aromatic nitrogens is 2. The van der Waals surface area contributed by atoms with Gasteiger partial charge in [0.2, 0.25) is 0 Å². The van der Waals surface area contributed by atoms with Crippen LogP contribution in [-0.4, -0.2) is 21.9 Å². The Kier molecular flexibility index (Phi) is 4.31. The zero-order chi connectivity index (χ0) is 14.8. The van der Waals surface area contributed by atoms with Crippen molar-refractivity contribution in [1.29, 1.82) is 0 Å². The van der Waals surface area contributed by atoms with Crippen molar-refractivity contribution in [2.45, 2.75) is 45.2 Å². The molecule has 3 rings (SSSR count). The molecular weight excluding hydrogens is 285 g/mol. The summed E-state index contributed by atoms with van der Waals surface area (Å²) < 4.78 is 13.8. The third-order valence-corrected chi connectivity index (χ3v) is 5.42. The van der Waals surface area contributed by atoms with Crippen LogP contribution in [0, 0.1) is 5.82 Å². The summed E-state index contributed by atoms with van der Waals surface area (Å²) in [6.45, 7) is 2.76. The molecule has 2 heterocycles. The van der Waals surface area contributed by atoms with Crippen molar-refractivity contribution in [2.24, 2.45) is 0 Å². The number of fused-ring (bicyclic) bond motifs is 1. The van der Waals surface area contributed by atoms with Gasteiger partial charge in [0.1, 0.15) is 5.82 Å². The Morgan fingerprint density at radius 1 is 1.48 bits per heavy atom. The number of rotatable bonds is 4. The van der Waals surface area contributed by atoms with Gasteiger partial charge >= 0.3 is 0 Å². The first-order chi connectivity index (χ1) is 10.2. The number of halogens is 1. The summed E-state index contributed by atoms with van der Waals surface area (Å²) in [6, 6.07) is 2.12. The van der Waals surface area contributed by atoms with Crippen LogP contribution in [0.5, 0.6) is 0 Å². The Hall–Kier alpha value is -1.33. The highest BCUT2D eigenvalue weighted by atomic mass is 32.1. The zero-order valence-electron chi connectivity index (χ0n) is 12.5. The number of nitrogens with zero attached hydrogens (tertiary/aromatic N) is 3. The second kappa shape index (κ2) is 6.20. The highest BCUT2D eigenvalue weighted by Gasteiger charge is 2.27. The first kappa shape index (κ1) is 14.6. The number of pyridine rings is 1. The standard InChI is InChI=1S/C16H20FN3S/c1-3-15-19-13-5-4-6-14(16(13)21-15)20(2)10-11-7-8-18-9-12(11)17/h7-9,14H,3-6,10H2,1-2H3. The second-order valence-electron chi connectivity index (χ2n) is 5.56. The van der Waals surface area contributed by atoms with E-state index in [-0.39, 0.29) is 5.82 Å². The lowest BCUT2D eigenvalue weighted by Crippen LogP contribution is -2.27. The minimum absolute atomic E-state index is 0.223. The van der Waals surface area contributed by atoms with Crippen molar-refractivity contribution >= 4 is 11.3 Å². The van der Waals surface area contributed by atoms with Crippen LogP contribution in [0.2, 0.25) is 0 Å². The fourth-order valence-corrected chi connectivity index (χ4v) is 4.18. The lowest BCUT2D eigenvalue weighted by molar-refractivity contribution is 0.213. The van der Waals surface area contributed by atoms with Gasteiger partial charge in [0.15, 0.2) is 0 Å². The Bertz CT molecular complexity index is 626. The maximum absolute atomic E-state index is 13.8. The molecule has 1 atom stereocenters. The van der Waals surface area contributed by atoms with Gasteiger partial charge in [-0.3, -0.25) is 9.88 Å². The summed E-state index contributed by atoms with van der Waals surface area (Å²) in [5.41, 5.74) is 1.97. The van der Waals surface area contributed by atoms with Crippen LogP contribution in [0.15, 0.2) is 18.5 Å². The van der Waals surface area contributed by atoms with Crippen molar-refractivity contribution in [3.63, 3.8) is 0 Å². The smallest absolute Gasteiger partial charge is 0.145 e. The third kappa shape index (κ3) is 2.99. The quantitative estimate of drug-likeness (QED) is 0.861. The second-order valence-corrected chi connectivity index (χ2v) is 6.68. The van der Waals surface area contributed by atoms with E-state index in [1.807, 2.05) is 11.3 Å². The molecule has 1 unspecified atom stereocenters. The molecule has 0 amide bonds. The Balaban J connectivity index is 1.81. The van der Waals surface area contributed by atoms with Crippen LogP contribution in [0.4, 0.5) is 4.39 Å². The average molecular weight is 305 g/mol. The summed E-state index contributed by atoms with van der Waals surface area (Å²) in [7, 11) is 2.07. The molecule has 0 saturated carbocycles. The van der Waals surface area contributed by atoms with Crippen LogP contribution in [-0.2, 0) is 19.4 Å². The molecule has 1 aliphatic carbocycles. The highest BCUT2D eigenvalue weighted by Crippen LogP contribution is 2.38. The Morgan fingerprint density at radius 3 is 3.10 bits per heavy atom. The van der Waals surface area contributed by atoms with Gasteiger partial charge in [0.25, 0.3) is 0 Å². The van der Waals surface area contributed by atoms with E-state index in [1.54, 1.807) is 12.3 Å². The largest absolute Gasteiger partial charge is 0.294 e. The molecule has 2 aromatic heterocycles. The molecule has 0 N–H and O–H groups in total. The van der Waals surface area contributed by atoms with E-state index >= 15 is 0 Å². The number of thiazole rings is 1. The summed E-state index contributed by atoms with van der Waals surface area (Å²) in [5, 5.41) is 1.22. The van der Waals surface area contributed by atoms with E-state index in [0.29, 0.717) is 18.2 Å². The fourth-order valence-electron chi connectivity index (χ4n) is 2.93. The van der Waals surface area contributed by atoms with E-state index in [4.69, 9.17) is 4.98 Å². The van der Waals surface area contributed by atoms with Crippen molar-refractivity contribution in [3.05, 3.63) is 45.4 Å². The molecule has 0 spiro atoms. The van der Waals surface area contributed by atoms with E-state index in [9.17, 15) is 4.39 Å². The molecular formula is C16H20FN3S. The van der Waals surface area contributed by atoms with Crippen LogP contribution in [0.3, 0.4) is 0 Å². The monoisotopic (exact) mass is 305 g/mol. The third-order valence-electron chi connectivity index (χ3n) is 4.08. The van der Waals surface area contributed by atoms with Gasteiger partial charge in [-0.2, -0.15) is 0 Å². The molecule has 0 radical (unpaired) electrons. The lowest BCUT2D eigenvalue weighted by Gasteiger charge is -2.30. The number of aryl methyl sites for hydroxylation is 2. The highest BCUT2D eigenvalue weighted by molar-refractivity contribution is 7.11. The first-order valence-corrected chi connectivity index (χ1v) is 8.27. The van der Waals surface area contributed by atoms with Crippen LogP contribution in [0.25, 0.3) is 0 Å². The molecule has 0 fully saturated rings. The average Bonchev–Trinajstić information content (AvgIpc) is 2.92. The van der Waals surface area contributed by atoms with Gasteiger partial charge in [0, 0.05) is 29.2 Å². The van der Waals surface area contributed by atoms with Crippen LogP contribution < -0.4 is 0 Å². The summed E-state index contributed by atoms with van der Waals surface area (Å²) in [5.74, 6) is -0.223. The van der Waals surface area contributed by atoms with Gasteiger partial charge in [-0.15, -0.1) is 11.3 Å². The summed E-state index contributed by atoms with van der Waals surface area (Å²) in [6.07, 6.45) is 7.31. The van der Waals surface area contributed by atoms with Gasteiger partial charge < -0.3 is 0 Å². The van der Waals surface area contributed by atoms with Crippen molar-refractivity contribution in [2.75, 3.05) is 7.05 Å². The maximum Gasteiger partial charge on any atom is 0.145 e. The molecule has 3 nitrogen and oxygen atoms in total. The zero-order valence-corrected chi connectivity index (χ0v) is 13.3. The summed E-state index contributed by atoms with van der Waals surface area (Å²) >= 11 is 1.83. The van der Waals surface area contributed by atoms with Gasteiger partial charge in [-0.1, -0.05) is 6.92 Å². The molecule has 112 valence electrons. The minimum atomic E-state index is -0.223. The number of hydrogen-bond donors (Lipinski definition) is 0. The molecule has 0 aromatic carbocycles. The lowest BCUT2D eigenvalue weighted by atomic mass is 9.96. The predicted octanol–water partition coefficient (Wildman–Crippen LogP) is 3.75. The maximum atomic E-state index is 13.8. The molecule has 2 aromatic rings. The predicted molar refractivity (Wildman–Crippen MR) is 82.8 cm³/mol. The van der Waals surface area contributed by atoms with E-state index in [2.05, 4.69) is 23.9 Å². The van der Waals surface area contributed by atoms with Gasteiger partial charge in [-0.25, -0.2) is 9.37 Å². The molecule has 5 heteroatoms. The van der Waals surface area contributed by atoms with Crippen molar-refractivity contribution in [3.8, 4) is 0 Å². The molecule has 0 bridgehead atoms. The topological polar surface area (TPSA) is 29.0 Å². The molecule has 21 heavy (non-hydrogen) atoms. The Labute approximate surface area is 128 Å². The number of hydrogen-bond acceptors (Lipinski definition) is 4. The molecule has 0 aliphatic heterocycles. The molecule has 0 saturated heterocycles. The normalized spacial score (nSPS) is 18.0. The van der Waals surface area contributed by atoms with E-state index in [1.165, 1.54) is 21.8 Å². The van der Waals surface area contributed by atoms with E-state index in [0.717, 1.165) is 25.7 Å². The minimum Gasteiger partial charge on any atom is -0.294 e. The van der Waals surface area contributed by atoms with E-state index < -0.39 is 0 Å². The first-order valence-electron chi connectivity index (χ1n) is 7.46. The van der Waals surface area contributed by atoms with Crippen molar-refractivity contribution < 1.29 is 4.39 Å². The van der Waals surface area contributed by atoms with Gasteiger partial charge in [0.05, 0.1) is 16.9 Å². The fraction of sp³-hybridized carbons (Fsp3) is 0.500. The van der Waals surface area contributed by atoms with Gasteiger partial charge in [-0.05, 0) is 38.8 Å². The SMILES string of the molecule is CCc1nc2c(s1)C(N(C)Cc1ccncc1F)CCC2.